The number of thioether (sulfide) groups is 1. The van der Waals surface area contributed by atoms with Crippen LogP contribution in [0.25, 0.3) is 10.2 Å². The number of rotatable bonds is 5. The summed E-state index contributed by atoms with van der Waals surface area (Å²) in [7, 11) is -3.18. The molecular formula is C17H23N3O3S3. The number of hydrogen-bond acceptors (Lipinski definition) is 5. The van der Waals surface area contributed by atoms with Crippen LogP contribution in [0.15, 0.2) is 29.3 Å². The van der Waals surface area contributed by atoms with Gasteiger partial charge in [-0.3, -0.25) is 4.79 Å². The SMILES string of the molecule is CSCCn1c(=NC(=O)C2CCN(S(C)(=O)=O)CC2)sc2ccccc21. The van der Waals surface area contributed by atoms with E-state index in [1.165, 1.54) is 21.9 Å². The van der Waals surface area contributed by atoms with Crippen LogP contribution < -0.4 is 4.80 Å². The van der Waals surface area contributed by atoms with Crippen molar-refractivity contribution in [1.29, 1.82) is 0 Å². The Morgan fingerprint density at radius 1 is 1.31 bits per heavy atom. The Morgan fingerprint density at radius 2 is 2.00 bits per heavy atom. The maximum atomic E-state index is 12.7. The van der Waals surface area contributed by atoms with E-state index in [1.54, 1.807) is 11.8 Å². The van der Waals surface area contributed by atoms with Crippen LogP contribution in [0, 0.1) is 5.92 Å². The molecule has 2 heterocycles. The highest BCUT2D eigenvalue weighted by atomic mass is 32.2. The molecule has 0 bridgehead atoms. The molecule has 1 aliphatic heterocycles. The fraction of sp³-hybridized carbons (Fsp3) is 0.529. The zero-order chi connectivity index (χ0) is 18.7. The molecule has 0 radical (unpaired) electrons. The Balaban J connectivity index is 1.84. The van der Waals surface area contributed by atoms with E-state index in [-0.39, 0.29) is 11.8 Å². The van der Waals surface area contributed by atoms with E-state index >= 15 is 0 Å². The van der Waals surface area contributed by atoms with E-state index in [0.717, 1.165) is 27.3 Å². The average Bonchev–Trinajstić information content (AvgIpc) is 2.96. The molecule has 1 aliphatic rings. The lowest BCUT2D eigenvalue weighted by atomic mass is 9.98. The summed E-state index contributed by atoms with van der Waals surface area (Å²) in [5, 5.41) is 0. The van der Waals surface area contributed by atoms with E-state index in [2.05, 4.69) is 21.9 Å². The Kier molecular flexibility index (Phi) is 6.21. The highest BCUT2D eigenvalue weighted by Gasteiger charge is 2.28. The Bertz CT molecular complexity index is 954. The number of carbonyl (C=O) groups excluding carboxylic acids is 1. The number of piperidine rings is 1. The monoisotopic (exact) mass is 413 g/mol. The quantitative estimate of drug-likeness (QED) is 0.753. The number of nitrogens with zero attached hydrogens (tertiary/aromatic N) is 3. The minimum absolute atomic E-state index is 0.136. The van der Waals surface area contributed by atoms with Crippen molar-refractivity contribution >= 4 is 49.2 Å². The van der Waals surface area contributed by atoms with Crippen LogP contribution in [-0.4, -0.2) is 54.6 Å². The number of amides is 1. The first-order valence-electron chi connectivity index (χ1n) is 8.51. The number of sulfonamides is 1. The van der Waals surface area contributed by atoms with Gasteiger partial charge in [0.05, 0.1) is 16.5 Å². The van der Waals surface area contributed by atoms with E-state index in [0.29, 0.717) is 25.9 Å². The minimum atomic E-state index is -3.18. The molecule has 0 spiro atoms. The number of fused-ring (bicyclic) bond motifs is 1. The van der Waals surface area contributed by atoms with Crippen LogP contribution in [-0.2, 0) is 21.4 Å². The van der Waals surface area contributed by atoms with E-state index in [9.17, 15) is 13.2 Å². The zero-order valence-electron chi connectivity index (χ0n) is 14.9. The van der Waals surface area contributed by atoms with Crippen LogP contribution in [0.3, 0.4) is 0 Å². The van der Waals surface area contributed by atoms with Gasteiger partial charge in [0.15, 0.2) is 4.80 Å². The first-order valence-corrected chi connectivity index (χ1v) is 12.6. The summed E-state index contributed by atoms with van der Waals surface area (Å²) >= 11 is 3.29. The minimum Gasteiger partial charge on any atom is -0.316 e. The largest absolute Gasteiger partial charge is 0.316 e. The maximum Gasteiger partial charge on any atom is 0.251 e. The molecule has 0 aliphatic carbocycles. The lowest BCUT2D eigenvalue weighted by molar-refractivity contribution is -0.122. The van der Waals surface area contributed by atoms with E-state index < -0.39 is 10.0 Å². The molecule has 1 fully saturated rings. The second-order valence-electron chi connectivity index (χ2n) is 6.38. The number of para-hydroxylation sites is 1. The van der Waals surface area contributed by atoms with Crippen molar-refractivity contribution in [2.24, 2.45) is 10.9 Å². The van der Waals surface area contributed by atoms with Crippen molar-refractivity contribution in [2.75, 3.05) is 31.4 Å². The lowest BCUT2D eigenvalue weighted by Crippen LogP contribution is -2.39. The summed E-state index contributed by atoms with van der Waals surface area (Å²) in [5.41, 5.74) is 1.10. The van der Waals surface area contributed by atoms with Gasteiger partial charge in [-0.05, 0) is 31.2 Å². The number of aryl methyl sites for hydroxylation is 1. The first-order chi connectivity index (χ1) is 12.4. The predicted molar refractivity (Wildman–Crippen MR) is 108 cm³/mol. The number of hydrogen-bond donors (Lipinski definition) is 0. The van der Waals surface area contributed by atoms with Gasteiger partial charge in [-0.15, -0.1) is 0 Å². The highest BCUT2D eigenvalue weighted by molar-refractivity contribution is 7.98. The Hall–Kier alpha value is -1.16. The van der Waals surface area contributed by atoms with Crippen molar-refractivity contribution in [3.63, 3.8) is 0 Å². The summed E-state index contributed by atoms with van der Waals surface area (Å²) in [6.45, 7) is 1.59. The van der Waals surface area contributed by atoms with Gasteiger partial charge >= 0.3 is 0 Å². The van der Waals surface area contributed by atoms with Crippen LogP contribution in [0.1, 0.15) is 12.8 Å². The molecule has 1 amide bonds. The van der Waals surface area contributed by atoms with Gasteiger partial charge in [0.1, 0.15) is 0 Å². The van der Waals surface area contributed by atoms with Gasteiger partial charge < -0.3 is 4.57 Å². The molecule has 142 valence electrons. The molecule has 3 rings (SSSR count). The van der Waals surface area contributed by atoms with Crippen molar-refractivity contribution in [1.82, 2.24) is 8.87 Å². The molecule has 0 atom stereocenters. The van der Waals surface area contributed by atoms with Gasteiger partial charge in [0.25, 0.3) is 5.91 Å². The molecule has 9 heteroatoms. The Morgan fingerprint density at radius 3 is 2.65 bits per heavy atom. The zero-order valence-corrected chi connectivity index (χ0v) is 17.4. The van der Waals surface area contributed by atoms with Crippen LogP contribution in [0.2, 0.25) is 0 Å². The Labute approximate surface area is 162 Å². The number of aromatic nitrogens is 1. The molecule has 0 unspecified atom stereocenters. The molecule has 6 nitrogen and oxygen atoms in total. The van der Waals surface area contributed by atoms with Gasteiger partial charge in [-0.2, -0.15) is 16.8 Å². The van der Waals surface area contributed by atoms with Gasteiger partial charge in [0, 0.05) is 31.3 Å². The average molecular weight is 414 g/mol. The third-order valence-corrected chi connectivity index (χ3v) is 7.54. The molecule has 26 heavy (non-hydrogen) atoms. The van der Waals surface area contributed by atoms with Crippen LogP contribution in [0.4, 0.5) is 0 Å². The lowest BCUT2D eigenvalue weighted by Gasteiger charge is -2.28. The molecule has 1 saturated heterocycles. The van der Waals surface area contributed by atoms with Crippen molar-refractivity contribution in [2.45, 2.75) is 19.4 Å². The molecule has 0 N–H and O–H groups in total. The first kappa shape index (κ1) is 19.6. The number of carbonyl (C=O) groups is 1. The van der Waals surface area contributed by atoms with E-state index in [4.69, 9.17) is 0 Å². The van der Waals surface area contributed by atoms with Gasteiger partial charge in [-0.25, -0.2) is 12.7 Å². The van der Waals surface area contributed by atoms with Crippen molar-refractivity contribution < 1.29 is 13.2 Å². The standard InChI is InChI=1S/C17H23N3O3S3/c1-24-12-11-20-14-5-3-4-6-15(14)25-17(20)18-16(21)13-7-9-19(10-8-13)26(2,22)23/h3-6,13H,7-12H2,1-2H3. The highest BCUT2D eigenvalue weighted by Crippen LogP contribution is 2.21. The smallest absolute Gasteiger partial charge is 0.251 e. The molecule has 1 aromatic carbocycles. The molecular weight excluding hydrogens is 390 g/mol. The van der Waals surface area contributed by atoms with Crippen molar-refractivity contribution in [3.05, 3.63) is 29.1 Å². The van der Waals surface area contributed by atoms with Crippen LogP contribution in [0.5, 0.6) is 0 Å². The fourth-order valence-corrected chi connectivity index (χ4v) is 5.43. The second kappa shape index (κ2) is 8.24. The summed E-state index contributed by atoms with van der Waals surface area (Å²) in [4.78, 5) is 17.8. The summed E-state index contributed by atoms with van der Waals surface area (Å²) in [5.74, 6) is 0.615. The third kappa shape index (κ3) is 4.39. The molecule has 1 aromatic heterocycles. The van der Waals surface area contributed by atoms with Crippen LogP contribution >= 0.6 is 23.1 Å². The number of thiazole rings is 1. The summed E-state index contributed by atoms with van der Waals surface area (Å²) < 4.78 is 27.9. The second-order valence-corrected chi connectivity index (χ2v) is 10.4. The third-order valence-electron chi connectivity index (χ3n) is 4.59. The fourth-order valence-electron chi connectivity index (χ4n) is 3.12. The number of benzene rings is 1. The predicted octanol–water partition coefficient (Wildman–Crippen LogP) is 2.16. The normalized spacial score (nSPS) is 17.8. The summed E-state index contributed by atoms with van der Waals surface area (Å²) in [6, 6.07) is 8.09. The van der Waals surface area contributed by atoms with Crippen molar-refractivity contribution in [3.8, 4) is 0 Å². The van der Waals surface area contributed by atoms with E-state index in [1.807, 2.05) is 18.2 Å². The summed E-state index contributed by atoms with van der Waals surface area (Å²) in [6.07, 6.45) is 4.34. The molecule has 2 aromatic rings. The van der Waals surface area contributed by atoms with Gasteiger partial charge in [-0.1, -0.05) is 23.5 Å². The maximum absolute atomic E-state index is 12.7. The molecule has 0 saturated carbocycles. The topological polar surface area (TPSA) is 71.7 Å². The van der Waals surface area contributed by atoms with Gasteiger partial charge in [0.2, 0.25) is 10.0 Å².